The van der Waals surface area contributed by atoms with Crippen molar-refractivity contribution in [3.63, 3.8) is 0 Å². The van der Waals surface area contributed by atoms with Gasteiger partial charge in [0.05, 0.1) is 16.3 Å². The average molecular weight is 518 g/mol. The van der Waals surface area contributed by atoms with Crippen molar-refractivity contribution >= 4 is 28.9 Å². The highest BCUT2D eigenvalue weighted by molar-refractivity contribution is 7.07. The lowest BCUT2D eigenvalue weighted by Gasteiger charge is -2.13. The second kappa shape index (κ2) is 11.0. The number of nitrogens with one attached hydrogen (secondary N) is 1. The molecule has 2 aromatic heterocycles. The minimum absolute atomic E-state index is 0.136. The van der Waals surface area contributed by atoms with Crippen LogP contribution in [0.2, 0.25) is 0 Å². The number of para-hydroxylation sites is 1. The van der Waals surface area contributed by atoms with Crippen LogP contribution in [0.1, 0.15) is 24.3 Å². The van der Waals surface area contributed by atoms with Crippen LogP contribution in [0.3, 0.4) is 0 Å². The van der Waals surface area contributed by atoms with Gasteiger partial charge in [0.25, 0.3) is 11.5 Å². The van der Waals surface area contributed by atoms with Crippen LogP contribution in [-0.2, 0) is 4.79 Å². The van der Waals surface area contributed by atoms with E-state index in [1.54, 1.807) is 36.4 Å². The molecule has 5 aromatic rings. The maximum atomic E-state index is 13.6. The van der Waals surface area contributed by atoms with Gasteiger partial charge in [0.2, 0.25) is 0 Å². The Bertz CT molecular complexity index is 1800. The van der Waals surface area contributed by atoms with E-state index in [1.807, 2.05) is 85.8 Å². The molecule has 38 heavy (non-hydrogen) atoms. The molecule has 1 atom stereocenters. The molecule has 3 aromatic carbocycles. The smallest absolute Gasteiger partial charge is 0.273 e. The van der Waals surface area contributed by atoms with Crippen LogP contribution in [0, 0.1) is 11.3 Å². The van der Waals surface area contributed by atoms with Crippen molar-refractivity contribution in [1.82, 2.24) is 9.88 Å². The van der Waals surface area contributed by atoms with Gasteiger partial charge in [0.15, 0.2) is 5.57 Å². The lowest BCUT2D eigenvalue weighted by Crippen LogP contribution is -2.34. The Labute approximate surface area is 223 Å². The van der Waals surface area contributed by atoms with Gasteiger partial charge in [-0.25, -0.2) is 0 Å². The Morgan fingerprint density at radius 3 is 2.24 bits per heavy atom. The molecule has 0 saturated carbocycles. The number of carbonyl (C=O) groups is 1. The van der Waals surface area contributed by atoms with Gasteiger partial charge in [-0.05, 0) is 36.8 Å². The first-order chi connectivity index (χ1) is 18.5. The van der Waals surface area contributed by atoms with Gasteiger partial charge in [0, 0.05) is 11.6 Å². The van der Waals surface area contributed by atoms with E-state index in [-0.39, 0.29) is 21.8 Å². The summed E-state index contributed by atoms with van der Waals surface area (Å²) in [5.41, 5.74) is 1.91. The van der Waals surface area contributed by atoms with Crippen LogP contribution in [0.15, 0.2) is 112 Å². The zero-order valence-corrected chi connectivity index (χ0v) is 21.3. The molecule has 0 bridgehead atoms. The summed E-state index contributed by atoms with van der Waals surface area (Å²) in [6, 6.07) is 33.5. The lowest BCUT2D eigenvalue weighted by molar-refractivity contribution is -0.116. The largest absolute Gasteiger partial charge is 0.457 e. The number of furan rings is 1. The van der Waals surface area contributed by atoms with E-state index < -0.39 is 5.91 Å². The predicted octanol–water partition coefficient (Wildman–Crippen LogP) is 4.54. The summed E-state index contributed by atoms with van der Waals surface area (Å²) in [5, 5.41) is 12.9. The summed E-state index contributed by atoms with van der Waals surface area (Å²) >= 11 is 1.08. The fourth-order valence-electron chi connectivity index (χ4n) is 4.07. The van der Waals surface area contributed by atoms with Gasteiger partial charge in [-0.2, -0.15) is 5.26 Å². The second-order valence-corrected chi connectivity index (χ2v) is 9.58. The van der Waals surface area contributed by atoms with Crippen molar-refractivity contribution in [3.8, 4) is 23.1 Å². The summed E-state index contributed by atoms with van der Waals surface area (Å²) in [4.78, 5) is 26.9. The molecule has 5 rings (SSSR count). The SMILES string of the molecule is C[C@@H](NC(=O)/C(C#N)=c1/s/c(=C/c2ccc(-c3ccccc3)o2)c(=O)n1-c1ccccc1)c1ccccc1. The van der Waals surface area contributed by atoms with Crippen LogP contribution in [-0.4, -0.2) is 10.5 Å². The van der Waals surface area contributed by atoms with Crippen LogP contribution in [0.5, 0.6) is 0 Å². The lowest BCUT2D eigenvalue weighted by atomic mass is 10.1. The summed E-state index contributed by atoms with van der Waals surface area (Å²) in [7, 11) is 0. The molecule has 1 amide bonds. The van der Waals surface area contributed by atoms with Gasteiger partial charge in [0.1, 0.15) is 22.3 Å². The molecule has 0 aliphatic rings. The first kappa shape index (κ1) is 24.8. The van der Waals surface area contributed by atoms with E-state index in [9.17, 15) is 14.9 Å². The van der Waals surface area contributed by atoms with E-state index >= 15 is 0 Å². The minimum Gasteiger partial charge on any atom is -0.457 e. The molecule has 0 unspecified atom stereocenters. The van der Waals surface area contributed by atoms with Crippen LogP contribution in [0.4, 0.5) is 0 Å². The van der Waals surface area contributed by atoms with Crippen molar-refractivity contribution in [1.29, 1.82) is 5.26 Å². The molecular weight excluding hydrogens is 494 g/mol. The highest BCUT2D eigenvalue weighted by Crippen LogP contribution is 2.22. The highest BCUT2D eigenvalue weighted by Gasteiger charge is 2.19. The Hall–Kier alpha value is -4.93. The average Bonchev–Trinajstić information content (AvgIpc) is 3.55. The van der Waals surface area contributed by atoms with E-state index in [2.05, 4.69) is 5.32 Å². The van der Waals surface area contributed by atoms with Crippen LogP contribution in [0.25, 0.3) is 28.7 Å². The Morgan fingerprint density at radius 1 is 0.947 bits per heavy atom. The third-order valence-electron chi connectivity index (χ3n) is 6.00. The molecule has 0 fully saturated rings. The summed E-state index contributed by atoms with van der Waals surface area (Å²) < 4.78 is 7.97. The zero-order chi connectivity index (χ0) is 26.5. The normalized spacial score (nSPS) is 13.0. The molecular formula is C31H23N3O3S. The molecule has 2 heterocycles. The van der Waals surface area contributed by atoms with E-state index in [0.29, 0.717) is 21.7 Å². The molecule has 6 nitrogen and oxygen atoms in total. The van der Waals surface area contributed by atoms with Gasteiger partial charge in [-0.3, -0.25) is 14.2 Å². The number of hydrogen-bond donors (Lipinski definition) is 1. The third kappa shape index (κ3) is 5.12. The van der Waals surface area contributed by atoms with Crippen molar-refractivity contribution in [2.24, 2.45) is 0 Å². The maximum Gasteiger partial charge on any atom is 0.273 e. The van der Waals surface area contributed by atoms with Crippen LogP contribution >= 0.6 is 11.3 Å². The first-order valence-corrected chi connectivity index (χ1v) is 12.8. The van der Waals surface area contributed by atoms with Gasteiger partial charge < -0.3 is 9.73 Å². The number of benzene rings is 3. The Morgan fingerprint density at radius 2 is 1.58 bits per heavy atom. The van der Waals surface area contributed by atoms with Gasteiger partial charge in [-0.1, -0.05) is 78.9 Å². The number of carbonyl (C=O) groups excluding carboxylic acids is 1. The number of thiazole rings is 1. The molecule has 0 spiro atoms. The summed E-state index contributed by atoms with van der Waals surface area (Å²) in [6.07, 6.45) is 1.64. The zero-order valence-electron chi connectivity index (χ0n) is 20.5. The maximum absolute atomic E-state index is 13.6. The Balaban J connectivity index is 1.63. The third-order valence-corrected chi connectivity index (χ3v) is 7.09. The first-order valence-electron chi connectivity index (χ1n) is 12.0. The number of nitriles is 1. The molecule has 0 saturated heterocycles. The standard InChI is InChI=1S/C31H23N3O3S/c1-21(22-11-5-2-6-12-22)33-29(35)26(20-32)31-34(24-15-9-4-10-16-24)30(36)28(38-31)19-25-17-18-27(37-25)23-13-7-3-8-14-23/h2-19,21H,1H3,(H,33,35)/b28-19+,31-26+/t21-/m1/s1. The van der Waals surface area contributed by atoms with Crippen molar-refractivity contribution in [2.45, 2.75) is 13.0 Å². The summed E-state index contributed by atoms with van der Waals surface area (Å²) in [5.74, 6) is 0.621. The molecule has 7 heteroatoms. The Kier molecular flexibility index (Phi) is 7.16. The van der Waals surface area contributed by atoms with Crippen molar-refractivity contribution in [2.75, 3.05) is 0 Å². The molecule has 0 radical (unpaired) electrons. The van der Waals surface area contributed by atoms with Crippen molar-refractivity contribution in [3.05, 3.63) is 134 Å². The molecule has 186 valence electrons. The van der Waals surface area contributed by atoms with E-state index in [4.69, 9.17) is 4.42 Å². The number of amides is 1. The van der Waals surface area contributed by atoms with Gasteiger partial charge in [-0.15, -0.1) is 11.3 Å². The predicted molar refractivity (Wildman–Crippen MR) is 149 cm³/mol. The highest BCUT2D eigenvalue weighted by atomic mass is 32.1. The topological polar surface area (TPSA) is 88.0 Å². The minimum atomic E-state index is -0.550. The molecule has 0 aliphatic carbocycles. The molecule has 0 aliphatic heterocycles. The van der Waals surface area contributed by atoms with Crippen molar-refractivity contribution < 1.29 is 9.21 Å². The fraction of sp³-hybridized carbons (Fsp3) is 0.0645. The number of aromatic nitrogens is 1. The summed E-state index contributed by atoms with van der Waals surface area (Å²) in [6.45, 7) is 1.85. The van der Waals surface area contributed by atoms with E-state index in [1.165, 1.54) is 4.57 Å². The number of hydrogen-bond acceptors (Lipinski definition) is 5. The second-order valence-electron chi connectivity index (χ2n) is 8.55. The number of rotatable bonds is 6. The molecule has 1 N–H and O–H groups in total. The quantitative estimate of drug-likeness (QED) is 0.358. The monoisotopic (exact) mass is 517 g/mol. The fourth-order valence-corrected chi connectivity index (χ4v) is 5.15. The van der Waals surface area contributed by atoms with Gasteiger partial charge >= 0.3 is 0 Å². The van der Waals surface area contributed by atoms with Crippen LogP contribution < -0.4 is 20.1 Å². The number of nitrogens with zero attached hydrogens (tertiary/aromatic N) is 2. The van der Waals surface area contributed by atoms with E-state index in [0.717, 1.165) is 22.5 Å².